The highest BCUT2D eigenvalue weighted by atomic mass is 16.6. The van der Waals surface area contributed by atoms with Crippen LogP contribution in [0.25, 0.3) is 0 Å². The van der Waals surface area contributed by atoms with Crippen molar-refractivity contribution in [3.8, 4) is 0 Å². The van der Waals surface area contributed by atoms with Gasteiger partial charge in [0.1, 0.15) is 5.60 Å². The van der Waals surface area contributed by atoms with Crippen molar-refractivity contribution in [1.82, 2.24) is 5.32 Å². The predicted octanol–water partition coefficient (Wildman–Crippen LogP) is 3.09. The number of nitro benzene ring substituents is 1. The summed E-state index contributed by atoms with van der Waals surface area (Å²) in [6.07, 6.45) is 1.42. The molecule has 0 radical (unpaired) electrons. The minimum absolute atomic E-state index is 0.00814. The lowest BCUT2D eigenvalue weighted by Gasteiger charge is -2.35. The smallest absolute Gasteiger partial charge is 0.407 e. The zero-order chi connectivity index (χ0) is 17.0. The van der Waals surface area contributed by atoms with Crippen molar-refractivity contribution in [2.75, 3.05) is 18.0 Å². The van der Waals surface area contributed by atoms with E-state index in [1.807, 2.05) is 20.8 Å². The molecule has 1 heterocycles. The standard InChI is InChI=1S/C16H23N3O4/c1-16(2,3)23-15(20)17-12-5-4-10-18(11-12)13-6-8-14(9-7-13)19(21)22/h6-9,12H,4-5,10-11H2,1-3H3,(H,17,20)/t12-/m1/s1. The Morgan fingerprint density at radius 2 is 2.00 bits per heavy atom. The first-order chi connectivity index (χ1) is 10.7. The lowest BCUT2D eigenvalue weighted by molar-refractivity contribution is -0.384. The van der Waals surface area contributed by atoms with Crippen molar-refractivity contribution in [2.24, 2.45) is 0 Å². The number of benzene rings is 1. The third-order valence-corrected chi connectivity index (χ3v) is 3.57. The second-order valence-corrected chi connectivity index (χ2v) is 6.70. The van der Waals surface area contributed by atoms with E-state index in [-0.39, 0.29) is 11.7 Å². The molecular weight excluding hydrogens is 298 g/mol. The summed E-state index contributed by atoms with van der Waals surface area (Å²) in [6, 6.07) is 6.50. The largest absolute Gasteiger partial charge is 0.444 e. The maximum absolute atomic E-state index is 11.9. The van der Waals surface area contributed by atoms with E-state index < -0.39 is 16.6 Å². The Morgan fingerprint density at radius 3 is 2.57 bits per heavy atom. The van der Waals surface area contributed by atoms with Gasteiger partial charge >= 0.3 is 6.09 Å². The molecule has 7 heteroatoms. The van der Waals surface area contributed by atoms with Crippen molar-refractivity contribution >= 4 is 17.5 Å². The van der Waals surface area contributed by atoms with Crippen LogP contribution in [0.15, 0.2) is 24.3 Å². The van der Waals surface area contributed by atoms with Crippen LogP contribution in [-0.2, 0) is 4.74 Å². The minimum atomic E-state index is -0.517. The van der Waals surface area contributed by atoms with E-state index in [1.165, 1.54) is 12.1 Å². The second kappa shape index (κ2) is 6.85. The van der Waals surface area contributed by atoms with Crippen LogP contribution < -0.4 is 10.2 Å². The van der Waals surface area contributed by atoms with Crippen LogP contribution in [0, 0.1) is 10.1 Å². The Morgan fingerprint density at radius 1 is 1.35 bits per heavy atom. The number of amides is 1. The Bertz CT molecular complexity index is 566. The summed E-state index contributed by atoms with van der Waals surface area (Å²) in [6.45, 7) is 7.02. The Balaban J connectivity index is 1.95. The zero-order valence-corrected chi connectivity index (χ0v) is 13.7. The van der Waals surface area contributed by atoms with Crippen molar-refractivity contribution in [2.45, 2.75) is 45.3 Å². The molecule has 1 aliphatic heterocycles. The lowest BCUT2D eigenvalue weighted by atomic mass is 10.0. The summed E-state index contributed by atoms with van der Waals surface area (Å²) in [7, 11) is 0. The number of nitro groups is 1. The first-order valence-electron chi connectivity index (χ1n) is 7.73. The number of hydrogen-bond donors (Lipinski definition) is 1. The quantitative estimate of drug-likeness (QED) is 0.683. The normalized spacial score (nSPS) is 18.4. The third-order valence-electron chi connectivity index (χ3n) is 3.57. The summed E-state index contributed by atoms with van der Waals surface area (Å²) in [4.78, 5) is 24.3. The van der Waals surface area contributed by atoms with E-state index in [9.17, 15) is 14.9 Å². The molecule has 1 aromatic carbocycles. The summed E-state index contributed by atoms with van der Waals surface area (Å²) in [5.41, 5.74) is 0.483. The number of carbonyl (C=O) groups excluding carboxylic acids is 1. The summed E-state index contributed by atoms with van der Waals surface area (Å²) < 4.78 is 5.28. The van der Waals surface area contributed by atoms with Gasteiger partial charge in [0.15, 0.2) is 0 Å². The van der Waals surface area contributed by atoms with Gasteiger partial charge in [0.25, 0.3) is 5.69 Å². The molecule has 0 bridgehead atoms. The average molecular weight is 321 g/mol. The summed E-state index contributed by atoms with van der Waals surface area (Å²) in [5.74, 6) is 0. The summed E-state index contributed by atoms with van der Waals surface area (Å²) >= 11 is 0. The number of carbonyl (C=O) groups is 1. The van der Waals surface area contributed by atoms with Gasteiger partial charge in [-0.1, -0.05) is 0 Å². The predicted molar refractivity (Wildman–Crippen MR) is 87.7 cm³/mol. The molecule has 0 spiro atoms. The fourth-order valence-corrected chi connectivity index (χ4v) is 2.59. The Hall–Kier alpha value is -2.31. The SMILES string of the molecule is CC(C)(C)OC(=O)N[C@@H]1CCCN(c2ccc([N+](=O)[O-])cc2)C1. The zero-order valence-electron chi connectivity index (χ0n) is 13.7. The van der Waals surface area contributed by atoms with Gasteiger partial charge < -0.3 is 15.0 Å². The molecule has 2 rings (SSSR count). The molecule has 0 saturated carbocycles. The van der Waals surface area contributed by atoms with E-state index in [2.05, 4.69) is 10.2 Å². The van der Waals surface area contributed by atoms with E-state index in [0.717, 1.165) is 25.1 Å². The highest BCUT2D eigenvalue weighted by Gasteiger charge is 2.24. The van der Waals surface area contributed by atoms with E-state index >= 15 is 0 Å². The van der Waals surface area contributed by atoms with Gasteiger partial charge in [-0.2, -0.15) is 0 Å². The first kappa shape index (κ1) is 17.1. The van der Waals surface area contributed by atoms with Gasteiger partial charge in [0.2, 0.25) is 0 Å². The number of hydrogen-bond acceptors (Lipinski definition) is 5. The molecule has 1 atom stereocenters. The molecule has 1 saturated heterocycles. The average Bonchev–Trinajstić information content (AvgIpc) is 2.45. The lowest BCUT2D eigenvalue weighted by Crippen LogP contribution is -2.49. The number of rotatable bonds is 3. The topological polar surface area (TPSA) is 84.7 Å². The molecule has 0 aromatic heterocycles. The highest BCUT2D eigenvalue weighted by molar-refractivity contribution is 5.68. The van der Waals surface area contributed by atoms with Gasteiger partial charge in [0.05, 0.1) is 4.92 Å². The van der Waals surface area contributed by atoms with Crippen LogP contribution in [0.2, 0.25) is 0 Å². The van der Waals surface area contributed by atoms with Gasteiger partial charge in [-0.3, -0.25) is 10.1 Å². The van der Waals surface area contributed by atoms with Gasteiger partial charge in [0, 0.05) is 37.0 Å². The molecule has 23 heavy (non-hydrogen) atoms. The summed E-state index contributed by atoms with van der Waals surface area (Å²) in [5, 5.41) is 13.6. The van der Waals surface area contributed by atoms with Crippen LogP contribution in [0.1, 0.15) is 33.6 Å². The van der Waals surface area contributed by atoms with Crippen LogP contribution in [0.4, 0.5) is 16.2 Å². The number of non-ortho nitro benzene ring substituents is 1. The monoisotopic (exact) mass is 321 g/mol. The molecule has 0 aliphatic carbocycles. The van der Waals surface area contributed by atoms with Crippen molar-refractivity contribution in [1.29, 1.82) is 0 Å². The van der Waals surface area contributed by atoms with Gasteiger partial charge in [-0.25, -0.2) is 4.79 Å². The van der Waals surface area contributed by atoms with Crippen LogP contribution >= 0.6 is 0 Å². The molecule has 1 N–H and O–H groups in total. The van der Waals surface area contributed by atoms with Crippen LogP contribution in [0.5, 0.6) is 0 Å². The molecule has 1 amide bonds. The first-order valence-corrected chi connectivity index (χ1v) is 7.73. The maximum Gasteiger partial charge on any atom is 0.407 e. The number of nitrogens with zero attached hydrogens (tertiary/aromatic N) is 2. The van der Waals surface area contributed by atoms with E-state index in [1.54, 1.807) is 12.1 Å². The number of piperidine rings is 1. The van der Waals surface area contributed by atoms with E-state index in [0.29, 0.717) is 6.54 Å². The van der Waals surface area contributed by atoms with Crippen molar-refractivity contribution in [3.63, 3.8) is 0 Å². The molecule has 1 aromatic rings. The molecule has 126 valence electrons. The molecule has 1 aliphatic rings. The van der Waals surface area contributed by atoms with Gasteiger partial charge in [-0.15, -0.1) is 0 Å². The minimum Gasteiger partial charge on any atom is -0.444 e. The molecule has 7 nitrogen and oxygen atoms in total. The molecule has 0 unspecified atom stereocenters. The Kier molecular flexibility index (Phi) is 5.08. The van der Waals surface area contributed by atoms with Crippen molar-refractivity contribution in [3.05, 3.63) is 34.4 Å². The number of alkyl carbamates (subject to hydrolysis) is 1. The fourth-order valence-electron chi connectivity index (χ4n) is 2.59. The van der Waals surface area contributed by atoms with Crippen molar-refractivity contribution < 1.29 is 14.5 Å². The second-order valence-electron chi connectivity index (χ2n) is 6.70. The number of anilines is 1. The maximum atomic E-state index is 11.9. The van der Waals surface area contributed by atoms with E-state index in [4.69, 9.17) is 4.74 Å². The Labute approximate surface area is 135 Å². The van der Waals surface area contributed by atoms with Crippen LogP contribution in [-0.4, -0.2) is 35.7 Å². The van der Waals surface area contributed by atoms with Gasteiger partial charge in [-0.05, 0) is 45.7 Å². The number of ether oxygens (including phenoxy) is 1. The fraction of sp³-hybridized carbons (Fsp3) is 0.562. The third kappa shape index (κ3) is 5.12. The molecular formula is C16H23N3O4. The molecule has 1 fully saturated rings. The highest BCUT2D eigenvalue weighted by Crippen LogP contribution is 2.23. The number of nitrogens with one attached hydrogen (secondary N) is 1. The van der Waals surface area contributed by atoms with Crippen LogP contribution in [0.3, 0.4) is 0 Å².